The number of para-hydroxylation sites is 1. The van der Waals surface area contributed by atoms with Crippen molar-refractivity contribution in [2.45, 2.75) is 34.1 Å². The van der Waals surface area contributed by atoms with Crippen LogP contribution in [0, 0.1) is 32.1 Å². The van der Waals surface area contributed by atoms with Crippen molar-refractivity contribution in [1.29, 1.82) is 5.26 Å². The molecule has 0 radical (unpaired) electrons. The molecule has 5 nitrogen and oxygen atoms in total. The Balaban J connectivity index is 2.14. The van der Waals surface area contributed by atoms with Gasteiger partial charge in [0.15, 0.2) is 0 Å². The van der Waals surface area contributed by atoms with Gasteiger partial charge in [0.25, 0.3) is 0 Å². The van der Waals surface area contributed by atoms with Crippen LogP contribution >= 0.6 is 0 Å². The second-order valence-electron chi connectivity index (χ2n) is 6.37. The summed E-state index contributed by atoms with van der Waals surface area (Å²) in [6.45, 7) is 7.73. The number of carbonyl (C=O) groups is 2. The average molecular weight is 349 g/mol. The maximum atomic E-state index is 12.3. The molecule has 2 aromatic rings. The summed E-state index contributed by atoms with van der Waals surface area (Å²) >= 11 is 0. The quantitative estimate of drug-likeness (QED) is 0.890. The Morgan fingerprint density at radius 1 is 1.12 bits per heavy atom. The number of rotatable bonds is 5. The molecule has 0 atom stereocenters. The van der Waals surface area contributed by atoms with E-state index in [0.717, 1.165) is 22.4 Å². The summed E-state index contributed by atoms with van der Waals surface area (Å²) in [6.07, 6.45) is 0.145. The van der Waals surface area contributed by atoms with Gasteiger partial charge in [-0.3, -0.25) is 9.59 Å². The second-order valence-corrected chi connectivity index (χ2v) is 6.37. The Kier molecular flexibility index (Phi) is 6.13. The first-order valence-electron chi connectivity index (χ1n) is 8.48. The predicted molar refractivity (Wildman–Crippen MR) is 103 cm³/mol. The van der Waals surface area contributed by atoms with Crippen LogP contribution in [0.1, 0.15) is 35.6 Å². The van der Waals surface area contributed by atoms with E-state index in [0.29, 0.717) is 11.3 Å². The van der Waals surface area contributed by atoms with Gasteiger partial charge in [0, 0.05) is 25.6 Å². The number of hydrogen-bond acceptors (Lipinski definition) is 3. The Bertz CT molecular complexity index is 858. The van der Waals surface area contributed by atoms with Gasteiger partial charge in [-0.15, -0.1) is 0 Å². The van der Waals surface area contributed by atoms with Crippen molar-refractivity contribution < 1.29 is 9.59 Å². The van der Waals surface area contributed by atoms with Crippen molar-refractivity contribution in [2.75, 3.05) is 16.8 Å². The third kappa shape index (κ3) is 4.48. The van der Waals surface area contributed by atoms with Crippen molar-refractivity contribution in [2.24, 2.45) is 0 Å². The Morgan fingerprint density at radius 3 is 2.31 bits per heavy atom. The Morgan fingerprint density at radius 2 is 1.73 bits per heavy atom. The highest BCUT2D eigenvalue weighted by Crippen LogP contribution is 2.27. The summed E-state index contributed by atoms with van der Waals surface area (Å²) in [5, 5.41) is 11.8. The number of amides is 2. The molecule has 0 saturated carbocycles. The van der Waals surface area contributed by atoms with Gasteiger partial charge in [0.05, 0.1) is 11.3 Å². The molecule has 2 rings (SSSR count). The summed E-state index contributed by atoms with van der Waals surface area (Å²) < 4.78 is 0. The highest BCUT2D eigenvalue weighted by Gasteiger charge is 2.18. The summed E-state index contributed by atoms with van der Waals surface area (Å²) in [5.41, 5.74) is 4.90. The van der Waals surface area contributed by atoms with E-state index >= 15 is 0 Å². The zero-order valence-electron chi connectivity index (χ0n) is 15.6. The zero-order chi connectivity index (χ0) is 19.3. The molecule has 0 aliphatic carbocycles. The smallest absolute Gasteiger partial charge is 0.226 e. The summed E-state index contributed by atoms with van der Waals surface area (Å²) in [4.78, 5) is 26.1. The fourth-order valence-corrected chi connectivity index (χ4v) is 3.14. The largest absolute Gasteiger partial charge is 0.325 e. The minimum absolute atomic E-state index is 0.106. The van der Waals surface area contributed by atoms with Crippen LogP contribution in [0.25, 0.3) is 0 Å². The van der Waals surface area contributed by atoms with E-state index in [-0.39, 0.29) is 24.8 Å². The number of hydrogen-bond donors (Lipinski definition) is 1. The molecular formula is C21H23N3O2. The number of nitriles is 1. The molecule has 2 aromatic carbocycles. The molecule has 0 spiro atoms. The lowest BCUT2D eigenvalue weighted by Gasteiger charge is -2.25. The maximum Gasteiger partial charge on any atom is 0.226 e. The molecule has 1 N–H and O–H groups in total. The molecule has 0 aromatic heterocycles. The van der Waals surface area contributed by atoms with Gasteiger partial charge in [-0.05, 0) is 44.0 Å². The van der Waals surface area contributed by atoms with E-state index in [9.17, 15) is 9.59 Å². The highest BCUT2D eigenvalue weighted by molar-refractivity contribution is 5.96. The average Bonchev–Trinajstić information content (AvgIpc) is 2.57. The van der Waals surface area contributed by atoms with E-state index in [1.165, 1.54) is 6.92 Å². The third-order valence-corrected chi connectivity index (χ3v) is 4.17. The van der Waals surface area contributed by atoms with Crippen molar-refractivity contribution >= 4 is 23.2 Å². The van der Waals surface area contributed by atoms with Crippen LogP contribution in [0.4, 0.5) is 11.4 Å². The van der Waals surface area contributed by atoms with Gasteiger partial charge >= 0.3 is 0 Å². The van der Waals surface area contributed by atoms with Crippen molar-refractivity contribution in [1.82, 2.24) is 0 Å². The Labute approximate surface area is 154 Å². The van der Waals surface area contributed by atoms with Gasteiger partial charge in [0.1, 0.15) is 6.07 Å². The topological polar surface area (TPSA) is 73.2 Å². The lowest BCUT2D eigenvalue weighted by atomic mass is 10.0. The first-order chi connectivity index (χ1) is 12.3. The first-order valence-corrected chi connectivity index (χ1v) is 8.48. The molecule has 26 heavy (non-hydrogen) atoms. The van der Waals surface area contributed by atoms with Crippen molar-refractivity contribution in [3.63, 3.8) is 0 Å². The summed E-state index contributed by atoms with van der Waals surface area (Å²) in [6, 6.07) is 13.0. The molecule has 0 saturated heterocycles. The van der Waals surface area contributed by atoms with Gasteiger partial charge in [-0.2, -0.15) is 5.26 Å². The number of benzene rings is 2. The molecule has 2 amide bonds. The number of aryl methyl sites for hydroxylation is 3. The lowest BCUT2D eigenvalue weighted by molar-refractivity contribution is -0.117. The molecule has 0 fully saturated rings. The molecule has 0 heterocycles. The van der Waals surface area contributed by atoms with E-state index in [1.807, 2.05) is 32.9 Å². The fraction of sp³-hybridized carbons (Fsp3) is 0.286. The van der Waals surface area contributed by atoms with E-state index in [1.54, 1.807) is 29.2 Å². The number of anilines is 2. The van der Waals surface area contributed by atoms with E-state index in [2.05, 4.69) is 11.4 Å². The fourth-order valence-electron chi connectivity index (χ4n) is 3.14. The van der Waals surface area contributed by atoms with Crippen molar-refractivity contribution in [3.05, 3.63) is 58.7 Å². The molecule has 0 aliphatic heterocycles. The SMILES string of the molecule is CC(=O)N(CCC(=O)Nc1ccccc1C#N)c1c(C)cc(C)cc1C. The minimum Gasteiger partial charge on any atom is -0.325 e. The maximum absolute atomic E-state index is 12.3. The molecule has 0 bridgehead atoms. The van der Waals surface area contributed by atoms with Crippen LogP contribution in [0.15, 0.2) is 36.4 Å². The number of nitrogens with one attached hydrogen (secondary N) is 1. The first kappa shape index (κ1) is 19.2. The van der Waals surface area contributed by atoms with Crippen LogP contribution in [0.2, 0.25) is 0 Å². The zero-order valence-corrected chi connectivity index (χ0v) is 15.6. The van der Waals surface area contributed by atoms with Crippen LogP contribution in [-0.2, 0) is 9.59 Å². The van der Waals surface area contributed by atoms with Gasteiger partial charge in [-0.25, -0.2) is 0 Å². The highest BCUT2D eigenvalue weighted by atomic mass is 16.2. The van der Waals surface area contributed by atoms with Gasteiger partial charge in [0.2, 0.25) is 11.8 Å². The summed E-state index contributed by atoms with van der Waals surface area (Å²) in [7, 11) is 0. The monoisotopic (exact) mass is 349 g/mol. The minimum atomic E-state index is -0.235. The van der Waals surface area contributed by atoms with Crippen molar-refractivity contribution in [3.8, 4) is 6.07 Å². The van der Waals surface area contributed by atoms with E-state index < -0.39 is 0 Å². The van der Waals surface area contributed by atoms with Crippen LogP contribution in [-0.4, -0.2) is 18.4 Å². The number of nitrogens with zero attached hydrogens (tertiary/aromatic N) is 2. The van der Waals surface area contributed by atoms with Crippen LogP contribution < -0.4 is 10.2 Å². The van der Waals surface area contributed by atoms with Gasteiger partial charge < -0.3 is 10.2 Å². The molecule has 0 aliphatic rings. The summed E-state index contributed by atoms with van der Waals surface area (Å²) in [5.74, 6) is -0.341. The normalized spacial score (nSPS) is 10.1. The lowest BCUT2D eigenvalue weighted by Crippen LogP contribution is -2.33. The second kappa shape index (κ2) is 8.30. The Hall–Kier alpha value is -3.13. The number of carbonyl (C=O) groups excluding carboxylic acids is 2. The van der Waals surface area contributed by atoms with E-state index in [4.69, 9.17) is 5.26 Å². The molecular weight excluding hydrogens is 326 g/mol. The third-order valence-electron chi connectivity index (χ3n) is 4.17. The molecule has 0 unspecified atom stereocenters. The molecule has 5 heteroatoms. The molecule has 134 valence electrons. The van der Waals surface area contributed by atoms with Gasteiger partial charge in [-0.1, -0.05) is 29.8 Å². The van der Waals surface area contributed by atoms with Crippen LogP contribution in [0.3, 0.4) is 0 Å². The predicted octanol–water partition coefficient (Wildman–Crippen LogP) is 3.87. The standard InChI is InChI=1S/C21H23N3O2/c1-14-11-15(2)21(16(3)12-14)24(17(4)25)10-9-20(26)23-19-8-6-5-7-18(19)13-22/h5-8,11-12H,9-10H2,1-4H3,(H,23,26). The van der Waals surface area contributed by atoms with Crippen LogP contribution in [0.5, 0.6) is 0 Å².